The Hall–Kier alpha value is 0.387. The quantitative estimate of drug-likeness (QED) is 0.420. The van der Waals surface area contributed by atoms with E-state index in [2.05, 4.69) is 63.0 Å². The fraction of sp³-hybridized carbons (Fsp3) is 0.636. The zero-order valence-electron chi connectivity index (χ0n) is 9.86. The first-order valence-corrected chi connectivity index (χ1v) is 8.95. The Morgan fingerprint density at radius 1 is 1.43 bits per heavy atom. The maximum atomic E-state index is 6.03. The first-order valence-electron chi connectivity index (χ1n) is 4.80. The minimum Gasteiger partial charge on any atom is -0.413 e. The van der Waals surface area contributed by atoms with Gasteiger partial charge in [-0.25, -0.2) is 0 Å². The minimum absolute atomic E-state index is 0.282. The molecule has 0 bridgehead atoms. The summed E-state index contributed by atoms with van der Waals surface area (Å²) in [6, 6.07) is 0. The topological polar surface area (TPSA) is 9.23 Å². The van der Waals surface area contributed by atoms with Gasteiger partial charge in [0.2, 0.25) is 0 Å². The molecule has 0 saturated carbocycles. The summed E-state index contributed by atoms with van der Waals surface area (Å²) in [6.45, 7) is 15.7. The van der Waals surface area contributed by atoms with Gasteiger partial charge in [0.25, 0.3) is 0 Å². The summed E-state index contributed by atoms with van der Waals surface area (Å²) in [5.41, 5.74) is 1.16. The summed E-state index contributed by atoms with van der Waals surface area (Å²) in [6.07, 6.45) is 1.86. The second-order valence-corrected chi connectivity index (χ2v) is 10.4. The van der Waals surface area contributed by atoms with Gasteiger partial charge in [-0.3, -0.25) is 0 Å². The molecular formula is C11H21IOSi. The van der Waals surface area contributed by atoms with Crippen LogP contribution in [0.15, 0.2) is 22.3 Å². The van der Waals surface area contributed by atoms with Crippen LogP contribution in [0.3, 0.4) is 0 Å². The average Bonchev–Trinajstić information content (AvgIpc) is 2.04. The molecule has 1 nitrogen and oxygen atoms in total. The van der Waals surface area contributed by atoms with E-state index in [1.54, 1.807) is 0 Å². The van der Waals surface area contributed by atoms with Crippen molar-refractivity contribution in [2.45, 2.75) is 38.9 Å². The largest absolute Gasteiger partial charge is 0.413 e. The van der Waals surface area contributed by atoms with Crippen molar-refractivity contribution in [3.05, 3.63) is 22.3 Å². The van der Waals surface area contributed by atoms with Crippen molar-refractivity contribution in [2.75, 3.05) is 6.61 Å². The Morgan fingerprint density at radius 2 is 1.93 bits per heavy atom. The monoisotopic (exact) mass is 324 g/mol. The number of halogens is 1. The average molecular weight is 324 g/mol. The summed E-state index contributed by atoms with van der Waals surface area (Å²) in [7, 11) is -1.59. The molecular weight excluding hydrogens is 303 g/mol. The van der Waals surface area contributed by atoms with Gasteiger partial charge in [0.05, 0.1) is 6.61 Å². The van der Waals surface area contributed by atoms with E-state index in [1.807, 2.05) is 10.2 Å². The van der Waals surface area contributed by atoms with Gasteiger partial charge in [0.15, 0.2) is 8.32 Å². The van der Waals surface area contributed by atoms with Gasteiger partial charge in [0, 0.05) is 0 Å². The molecule has 0 heterocycles. The molecule has 3 heteroatoms. The molecule has 0 N–H and O–H groups in total. The fourth-order valence-corrected chi connectivity index (χ4v) is 2.01. The van der Waals surface area contributed by atoms with Crippen LogP contribution >= 0.6 is 22.6 Å². The van der Waals surface area contributed by atoms with Crippen molar-refractivity contribution in [1.29, 1.82) is 0 Å². The predicted octanol–water partition coefficient (Wildman–Crippen LogP) is 4.51. The zero-order chi connectivity index (χ0) is 11.4. The van der Waals surface area contributed by atoms with Crippen LogP contribution < -0.4 is 0 Å². The summed E-state index contributed by atoms with van der Waals surface area (Å²) >= 11 is 2.22. The Kier molecular flexibility index (Phi) is 5.62. The third-order valence-corrected chi connectivity index (χ3v) is 8.09. The highest BCUT2D eigenvalue weighted by atomic mass is 127. The van der Waals surface area contributed by atoms with E-state index in [9.17, 15) is 0 Å². The maximum absolute atomic E-state index is 6.03. The SMILES string of the molecule is C=C/C(=C\I)CO[Si](C)(C)C(C)(C)C. The fourth-order valence-electron chi connectivity index (χ4n) is 0.615. The van der Waals surface area contributed by atoms with E-state index in [1.165, 1.54) is 0 Å². The number of hydrogen-bond acceptors (Lipinski definition) is 1. The summed E-state index contributed by atoms with van der Waals surface area (Å²) in [5, 5.41) is 0.282. The lowest BCUT2D eigenvalue weighted by molar-refractivity contribution is 0.322. The van der Waals surface area contributed by atoms with Gasteiger partial charge in [-0.1, -0.05) is 56.0 Å². The van der Waals surface area contributed by atoms with Gasteiger partial charge in [-0.05, 0) is 27.8 Å². The van der Waals surface area contributed by atoms with E-state index in [-0.39, 0.29) is 5.04 Å². The van der Waals surface area contributed by atoms with E-state index in [4.69, 9.17) is 4.43 Å². The van der Waals surface area contributed by atoms with Gasteiger partial charge < -0.3 is 4.43 Å². The Balaban J connectivity index is 4.33. The van der Waals surface area contributed by atoms with Crippen molar-refractivity contribution in [3.8, 4) is 0 Å². The molecule has 0 atom stereocenters. The third-order valence-electron chi connectivity index (χ3n) is 2.81. The van der Waals surface area contributed by atoms with Crippen LogP contribution in [0.2, 0.25) is 18.1 Å². The molecule has 0 aliphatic rings. The van der Waals surface area contributed by atoms with Crippen LogP contribution in [-0.2, 0) is 4.43 Å². The van der Waals surface area contributed by atoms with E-state index >= 15 is 0 Å². The highest BCUT2D eigenvalue weighted by molar-refractivity contribution is 14.1. The van der Waals surface area contributed by atoms with Crippen LogP contribution in [0, 0.1) is 0 Å². The predicted molar refractivity (Wildman–Crippen MR) is 75.4 cm³/mol. The summed E-state index contributed by atoms with van der Waals surface area (Å²) in [4.78, 5) is 0. The second kappa shape index (κ2) is 5.46. The molecule has 0 aromatic rings. The van der Waals surface area contributed by atoms with E-state index in [0.717, 1.165) is 5.57 Å². The Bertz CT molecular complexity index is 226. The lowest BCUT2D eigenvalue weighted by atomic mass is 10.2. The molecule has 0 radical (unpaired) electrons. The normalized spacial score (nSPS) is 14.3. The molecule has 0 rings (SSSR count). The van der Waals surface area contributed by atoms with Gasteiger partial charge >= 0.3 is 0 Å². The molecule has 0 aromatic carbocycles. The standard InChI is InChI=1S/C11H21IOSi/c1-7-10(8-12)9-13-14(5,6)11(2,3)4/h7-8H,1,9H2,2-6H3/b10-8+. The molecule has 0 amide bonds. The van der Waals surface area contributed by atoms with Gasteiger partial charge in [-0.2, -0.15) is 0 Å². The number of rotatable bonds is 4. The second-order valence-electron chi connectivity index (χ2n) is 4.94. The van der Waals surface area contributed by atoms with Crippen molar-refractivity contribution in [1.82, 2.24) is 0 Å². The minimum atomic E-state index is -1.59. The highest BCUT2D eigenvalue weighted by Gasteiger charge is 2.36. The molecule has 0 saturated heterocycles. The smallest absolute Gasteiger partial charge is 0.192 e. The van der Waals surface area contributed by atoms with Gasteiger partial charge in [-0.15, -0.1) is 0 Å². The molecule has 82 valence electrons. The molecule has 14 heavy (non-hydrogen) atoms. The van der Waals surface area contributed by atoms with Crippen LogP contribution in [-0.4, -0.2) is 14.9 Å². The lowest BCUT2D eigenvalue weighted by Crippen LogP contribution is -2.41. The Morgan fingerprint density at radius 3 is 2.21 bits per heavy atom. The van der Waals surface area contributed by atoms with Crippen LogP contribution in [0.5, 0.6) is 0 Å². The van der Waals surface area contributed by atoms with Crippen molar-refractivity contribution >= 4 is 30.9 Å². The molecule has 0 aliphatic carbocycles. The van der Waals surface area contributed by atoms with Crippen molar-refractivity contribution < 1.29 is 4.43 Å². The lowest BCUT2D eigenvalue weighted by Gasteiger charge is -2.36. The Labute approximate surface area is 103 Å². The van der Waals surface area contributed by atoms with Crippen molar-refractivity contribution in [3.63, 3.8) is 0 Å². The first-order chi connectivity index (χ1) is 6.24. The summed E-state index contributed by atoms with van der Waals surface area (Å²) in [5.74, 6) is 0. The zero-order valence-corrected chi connectivity index (χ0v) is 13.0. The number of hydrogen-bond donors (Lipinski definition) is 0. The first kappa shape index (κ1) is 14.4. The van der Waals surface area contributed by atoms with Crippen LogP contribution in [0.1, 0.15) is 20.8 Å². The van der Waals surface area contributed by atoms with E-state index < -0.39 is 8.32 Å². The molecule has 0 aliphatic heterocycles. The van der Waals surface area contributed by atoms with Crippen LogP contribution in [0.25, 0.3) is 0 Å². The molecule has 0 unspecified atom stereocenters. The third kappa shape index (κ3) is 4.27. The van der Waals surface area contributed by atoms with Crippen molar-refractivity contribution in [2.24, 2.45) is 0 Å². The van der Waals surface area contributed by atoms with Gasteiger partial charge in [0.1, 0.15) is 0 Å². The highest BCUT2D eigenvalue weighted by Crippen LogP contribution is 2.36. The van der Waals surface area contributed by atoms with Crippen LogP contribution in [0.4, 0.5) is 0 Å². The summed E-state index contributed by atoms with van der Waals surface area (Å²) < 4.78 is 8.06. The molecule has 0 aromatic heterocycles. The maximum Gasteiger partial charge on any atom is 0.192 e. The molecule has 0 spiro atoms. The molecule has 0 fully saturated rings. The van der Waals surface area contributed by atoms with E-state index in [0.29, 0.717) is 6.61 Å².